The van der Waals surface area contributed by atoms with E-state index in [1.807, 2.05) is 24.3 Å². The Hall–Kier alpha value is -9.24. The molecule has 0 radical (unpaired) electrons. The maximum Gasteiger partial charge on any atom is 0.160 e. The van der Waals surface area contributed by atoms with Crippen LogP contribution in [0.1, 0.15) is 22.3 Å². The van der Waals surface area contributed by atoms with E-state index in [1.54, 1.807) is 0 Å². The molecule has 0 saturated heterocycles. The summed E-state index contributed by atoms with van der Waals surface area (Å²) in [5.74, 6) is 0.703. The van der Waals surface area contributed by atoms with Gasteiger partial charge in [-0.3, -0.25) is 0 Å². The Kier molecular flexibility index (Phi) is 10.4. The predicted octanol–water partition coefficient (Wildman–Crippen LogP) is 17.7. The minimum absolute atomic E-state index is 0.471. The number of fused-ring (bicyclic) bond motifs is 4. The van der Waals surface area contributed by atoms with Gasteiger partial charge in [0.2, 0.25) is 0 Å². The molecule has 71 heavy (non-hydrogen) atoms. The lowest BCUT2D eigenvalue weighted by atomic mass is 9.67. The molecule has 0 aliphatic heterocycles. The highest BCUT2D eigenvalue weighted by Crippen LogP contribution is 2.58. The van der Waals surface area contributed by atoms with Gasteiger partial charge in [-0.2, -0.15) is 0 Å². The number of hydrogen-bond donors (Lipinski definition) is 0. The van der Waals surface area contributed by atoms with E-state index in [9.17, 15) is 0 Å². The third-order valence-electron chi connectivity index (χ3n) is 14.4. The van der Waals surface area contributed by atoms with Crippen LogP contribution in [-0.4, -0.2) is 9.97 Å². The average molecular weight is 903 g/mol. The minimum atomic E-state index is -0.471. The number of rotatable bonds is 9. The van der Waals surface area contributed by atoms with E-state index in [2.05, 4.69) is 255 Å². The van der Waals surface area contributed by atoms with Crippen LogP contribution in [0.5, 0.6) is 0 Å². The molecule has 0 atom stereocenters. The minimum Gasteiger partial charge on any atom is -0.228 e. The number of nitrogens with zero attached hydrogens (tertiary/aromatic N) is 2. The highest BCUT2D eigenvalue weighted by molar-refractivity contribution is 6.06. The molecule has 2 heteroatoms. The summed E-state index contributed by atoms with van der Waals surface area (Å²) in [7, 11) is 0. The lowest BCUT2D eigenvalue weighted by Crippen LogP contribution is -2.28. The van der Waals surface area contributed by atoms with Crippen LogP contribution in [0.25, 0.3) is 100 Å². The predicted molar refractivity (Wildman–Crippen MR) is 295 cm³/mol. The molecule has 1 aliphatic carbocycles. The lowest BCUT2D eigenvalue weighted by Gasteiger charge is -2.34. The Morgan fingerprint density at radius 1 is 0.239 bits per heavy atom. The largest absolute Gasteiger partial charge is 0.228 e. The van der Waals surface area contributed by atoms with Gasteiger partial charge < -0.3 is 0 Å². The van der Waals surface area contributed by atoms with Crippen LogP contribution >= 0.6 is 0 Å². The first-order valence-corrected chi connectivity index (χ1v) is 24.4. The second-order valence-corrected chi connectivity index (χ2v) is 18.4. The second-order valence-electron chi connectivity index (χ2n) is 18.4. The van der Waals surface area contributed by atoms with Crippen molar-refractivity contribution in [3.8, 4) is 89.5 Å². The van der Waals surface area contributed by atoms with Gasteiger partial charge >= 0.3 is 0 Å². The fourth-order valence-electron chi connectivity index (χ4n) is 11.2. The number of hydrogen-bond acceptors (Lipinski definition) is 2. The van der Waals surface area contributed by atoms with Crippen LogP contribution in [0, 0.1) is 0 Å². The van der Waals surface area contributed by atoms with Gasteiger partial charge in [0.15, 0.2) is 5.82 Å². The van der Waals surface area contributed by atoms with E-state index in [-0.39, 0.29) is 0 Å². The quantitative estimate of drug-likeness (QED) is 0.144. The lowest BCUT2D eigenvalue weighted by molar-refractivity contribution is 0.768. The number of benzene rings is 11. The van der Waals surface area contributed by atoms with Crippen molar-refractivity contribution in [3.63, 3.8) is 0 Å². The van der Waals surface area contributed by atoms with Crippen molar-refractivity contribution < 1.29 is 0 Å². The van der Waals surface area contributed by atoms with Gasteiger partial charge in [0, 0.05) is 16.7 Å². The Morgan fingerprint density at radius 2 is 0.690 bits per heavy atom. The molecule has 1 aromatic heterocycles. The summed E-state index contributed by atoms with van der Waals surface area (Å²) in [6.07, 6.45) is 0. The van der Waals surface area contributed by atoms with Gasteiger partial charge in [-0.25, -0.2) is 9.97 Å². The van der Waals surface area contributed by atoms with Crippen molar-refractivity contribution in [3.05, 3.63) is 301 Å². The Balaban J connectivity index is 0.969. The molecule has 0 fully saturated rings. The van der Waals surface area contributed by atoms with Gasteiger partial charge in [-0.05, 0) is 119 Å². The van der Waals surface area contributed by atoms with Crippen molar-refractivity contribution in [2.24, 2.45) is 0 Å². The first kappa shape index (κ1) is 41.9. The summed E-state index contributed by atoms with van der Waals surface area (Å²) >= 11 is 0. The third kappa shape index (κ3) is 7.28. The van der Waals surface area contributed by atoms with Gasteiger partial charge in [0.25, 0.3) is 0 Å². The molecule has 1 heterocycles. The molecule has 1 aliphatic rings. The molecular weight excluding hydrogens is 857 g/mol. The van der Waals surface area contributed by atoms with Gasteiger partial charge in [-0.1, -0.05) is 249 Å². The standard InChI is InChI=1S/C69H46N2/c1-6-22-47(23-7-1)52-43-53(45-54(44-52)57-40-41-61(60-35-17-16-34-59(57)60)66-46-65(48-24-8-2-9-25-48)70-68(71-66)49-26-10-3-11-27-49)50-28-20-29-51(42-50)58-37-21-39-64-67(58)62-36-18-19-38-63(62)69(64,55-30-12-4-13-31-55)56-32-14-5-15-33-56/h1-46H. The van der Waals surface area contributed by atoms with Crippen LogP contribution in [0.2, 0.25) is 0 Å². The summed E-state index contributed by atoms with van der Waals surface area (Å²) in [4.78, 5) is 10.3. The molecule has 0 bridgehead atoms. The summed E-state index contributed by atoms with van der Waals surface area (Å²) in [5, 5.41) is 2.30. The molecule has 2 nitrogen and oxygen atoms in total. The van der Waals surface area contributed by atoms with Crippen molar-refractivity contribution in [1.82, 2.24) is 9.97 Å². The van der Waals surface area contributed by atoms with E-state index in [4.69, 9.17) is 9.97 Å². The van der Waals surface area contributed by atoms with E-state index in [1.165, 1.54) is 50.1 Å². The first-order valence-electron chi connectivity index (χ1n) is 24.4. The maximum atomic E-state index is 5.25. The summed E-state index contributed by atoms with van der Waals surface area (Å²) in [6, 6.07) is 101. The zero-order valence-electron chi connectivity index (χ0n) is 39.0. The molecule has 0 unspecified atom stereocenters. The van der Waals surface area contributed by atoms with Crippen LogP contribution in [0.15, 0.2) is 279 Å². The molecule has 12 aromatic rings. The van der Waals surface area contributed by atoms with E-state index < -0.39 is 5.41 Å². The zero-order valence-corrected chi connectivity index (χ0v) is 39.0. The molecule has 332 valence electrons. The van der Waals surface area contributed by atoms with E-state index in [0.29, 0.717) is 5.82 Å². The molecular formula is C69H46N2. The first-order chi connectivity index (χ1) is 35.2. The topological polar surface area (TPSA) is 25.8 Å². The van der Waals surface area contributed by atoms with Crippen LogP contribution < -0.4 is 0 Å². The highest BCUT2D eigenvalue weighted by atomic mass is 14.9. The normalized spacial score (nSPS) is 12.3. The van der Waals surface area contributed by atoms with E-state index >= 15 is 0 Å². The smallest absolute Gasteiger partial charge is 0.160 e. The molecule has 0 spiro atoms. The van der Waals surface area contributed by atoms with Crippen molar-refractivity contribution >= 4 is 10.8 Å². The molecule has 13 rings (SSSR count). The van der Waals surface area contributed by atoms with Gasteiger partial charge in [0.1, 0.15) is 0 Å². The Morgan fingerprint density at radius 3 is 1.38 bits per heavy atom. The SMILES string of the molecule is c1ccc(-c2cc(-c3cccc(-c4cccc5c4-c4ccccc4C5(c4ccccc4)c4ccccc4)c3)cc(-c3ccc(-c4cc(-c5ccccc5)nc(-c5ccccc5)n4)c4ccccc34)c2)cc1. The van der Waals surface area contributed by atoms with Crippen LogP contribution in [0.3, 0.4) is 0 Å². The van der Waals surface area contributed by atoms with Crippen LogP contribution in [0.4, 0.5) is 0 Å². The summed E-state index contributed by atoms with van der Waals surface area (Å²) < 4.78 is 0. The fraction of sp³-hybridized carbons (Fsp3) is 0.0145. The molecule has 0 saturated carbocycles. The maximum absolute atomic E-state index is 5.25. The zero-order chi connectivity index (χ0) is 47.1. The van der Waals surface area contributed by atoms with Crippen molar-refractivity contribution in [2.45, 2.75) is 5.41 Å². The van der Waals surface area contributed by atoms with Gasteiger partial charge in [-0.15, -0.1) is 0 Å². The summed E-state index contributed by atoms with van der Waals surface area (Å²) in [5.41, 5.74) is 21.5. The Labute approximate surface area is 414 Å². The van der Waals surface area contributed by atoms with Crippen molar-refractivity contribution in [2.75, 3.05) is 0 Å². The fourth-order valence-corrected chi connectivity index (χ4v) is 11.2. The second kappa shape index (κ2) is 17.7. The van der Waals surface area contributed by atoms with E-state index in [0.717, 1.165) is 66.7 Å². The van der Waals surface area contributed by atoms with Gasteiger partial charge in [0.05, 0.1) is 16.8 Å². The Bertz CT molecular complexity index is 3810. The van der Waals surface area contributed by atoms with Crippen LogP contribution in [-0.2, 0) is 5.41 Å². The monoisotopic (exact) mass is 902 g/mol. The number of aromatic nitrogens is 2. The molecule has 0 N–H and O–H groups in total. The summed E-state index contributed by atoms with van der Waals surface area (Å²) in [6.45, 7) is 0. The molecule has 11 aromatic carbocycles. The van der Waals surface area contributed by atoms with Crippen molar-refractivity contribution in [1.29, 1.82) is 0 Å². The average Bonchev–Trinajstić information content (AvgIpc) is 3.77. The molecule has 0 amide bonds. The highest BCUT2D eigenvalue weighted by Gasteiger charge is 2.46. The third-order valence-corrected chi connectivity index (χ3v) is 14.4.